The van der Waals surface area contributed by atoms with Crippen LogP contribution >= 0.6 is 0 Å². The quantitative estimate of drug-likeness (QED) is 0.201. The van der Waals surface area contributed by atoms with Crippen molar-refractivity contribution >= 4 is 65.3 Å². The van der Waals surface area contributed by atoms with Gasteiger partial charge >= 0.3 is 0 Å². The SMILES string of the molecule is c1ccc(-c2nc(Cn3c4ccccc4c4c5ccccc5c5c6ccccc6n(-c6ccccc6)c5c43)nc3ccccc23)cc1. The monoisotopic (exact) mass is 600 g/mol. The molecule has 0 aliphatic carbocycles. The lowest BCUT2D eigenvalue weighted by Crippen LogP contribution is -2.07. The molecule has 0 aliphatic heterocycles. The van der Waals surface area contributed by atoms with Crippen molar-refractivity contribution in [3.8, 4) is 16.9 Å². The molecule has 0 unspecified atom stereocenters. The number of aromatic nitrogens is 4. The Morgan fingerprint density at radius 2 is 0.957 bits per heavy atom. The summed E-state index contributed by atoms with van der Waals surface area (Å²) in [4.78, 5) is 10.5. The van der Waals surface area contributed by atoms with E-state index in [0.29, 0.717) is 6.54 Å². The summed E-state index contributed by atoms with van der Waals surface area (Å²) in [6, 6.07) is 56.0. The predicted molar refractivity (Wildman–Crippen MR) is 195 cm³/mol. The Balaban J connectivity index is 1.38. The zero-order chi connectivity index (χ0) is 30.9. The Bertz CT molecular complexity index is 2810. The molecular formula is C43H28N4. The fraction of sp³-hybridized carbons (Fsp3) is 0.0233. The van der Waals surface area contributed by atoms with Gasteiger partial charge in [-0.05, 0) is 41.1 Å². The molecule has 0 spiro atoms. The van der Waals surface area contributed by atoms with E-state index in [2.05, 4.69) is 161 Å². The van der Waals surface area contributed by atoms with Gasteiger partial charge in [0.15, 0.2) is 0 Å². The molecule has 47 heavy (non-hydrogen) atoms. The highest BCUT2D eigenvalue weighted by Crippen LogP contribution is 2.45. The maximum absolute atomic E-state index is 5.29. The van der Waals surface area contributed by atoms with Crippen LogP contribution in [0.2, 0.25) is 0 Å². The van der Waals surface area contributed by atoms with Crippen LogP contribution in [0.3, 0.4) is 0 Å². The van der Waals surface area contributed by atoms with E-state index in [0.717, 1.165) is 33.7 Å². The molecule has 0 radical (unpaired) electrons. The lowest BCUT2D eigenvalue weighted by atomic mass is 9.98. The summed E-state index contributed by atoms with van der Waals surface area (Å²) in [5.41, 5.74) is 8.89. The molecule has 10 aromatic rings. The van der Waals surface area contributed by atoms with Crippen molar-refractivity contribution in [3.05, 3.63) is 164 Å². The molecule has 0 bridgehead atoms. The average molecular weight is 601 g/mol. The minimum absolute atomic E-state index is 0.526. The highest BCUT2D eigenvalue weighted by atomic mass is 15.1. The van der Waals surface area contributed by atoms with Gasteiger partial charge < -0.3 is 9.13 Å². The first-order valence-electron chi connectivity index (χ1n) is 16.1. The van der Waals surface area contributed by atoms with Gasteiger partial charge in [0.25, 0.3) is 0 Å². The Labute approximate surface area is 270 Å². The summed E-state index contributed by atoms with van der Waals surface area (Å²) in [5, 5.41) is 8.57. The number of benzene rings is 7. The average Bonchev–Trinajstić information content (AvgIpc) is 3.66. The number of para-hydroxylation sites is 4. The fourth-order valence-corrected chi connectivity index (χ4v) is 7.64. The second-order valence-electron chi connectivity index (χ2n) is 12.2. The third-order valence-electron chi connectivity index (χ3n) is 9.55. The molecule has 7 aromatic carbocycles. The van der Waals surface area contributed by atoms with Gasteiger partial charge in [-0.3, -0.25) is 0 Å². The number of fused-ring (bicyclic) bond motifs is 11. The van der Waals surface area contributed by atoms with Gasteiger partial charge in [-0.1, -0.05) is 127 Å². The predicted octanol–water partition coefficient (Wildman–Crippen LogP) is 10.7. The Kier molecular flexibility index (Phi) is 5.60. The molecule has 0 saturated heterocycles. The zero-order valence-corrected chi connectivity index (χ0v) is 25.5. The second-order valence-corrected chi connectivity index (χ2v) is 12.2. The van der Waals surface area contributed by atoms with Gasteiger partial charge in [-0.25, -0.2) is 9.97 Å². The molecule has 4 nitrogen and oxygen atoms in total. The van der Waals surface area contributed by atoms with Crippen LogP contribution < -0.4 is 0 Å². The van der Waals surface area contributed by atoms with Gasteiger partial charge in [-0.2, -0.15) is 0 Å². The third kappa shape index (κ3) is 3.82. The number of nitrogens with zero attached hydrogens (tertiary/aromatic N) is 4. The Morgan fingerprint density at radius 1 is 0.426 bits per heavy atom. The molecular weight excluding hydrogens is 573 g/mol. The van der Waals surface area contributed by atoms with Crippen LogP contribution in [0.25, 0.3) is 82.2 Å². The van der Waals surface area contributed by atoms with Crippen molar-refractivity contribution in [2.45, 2.75) is 6.54 Å². The zero-order valence-electron chi connectivity index (χ0n) is 25.5. The van der Waals surface area contributed by atoms with Gasteiger partial charge in [-0.15, -0.1) is 0 Å². The van der Waals surface area contributed by atoms with Crippen LogP contribution in [0.5, 0.6) is 0 Å². The first-order valence-corrected chi connectivity index (χ1v) is 16.1. The van der Waals surface area contributed by atoms with E-state index in [4.69, 9.17) is 9.97 Å². The molecule has 0 atom stereocenters. The first kappa shape index (κ1) is 26.0. The lowest BCUT2D eigenvalue weighted by Gasteiger charge is -2.14. The standard InChI is InChI=1S/C43H28N4/c1-3-15-28(16-4-1)41-32-21-9-12-24-35(32)44-38(45-41)27-46-36-25-13-10-22-33(36)39-30-19-7-8-20-31(30)40-34-23-11-14-26-37(34)47(43(40)42(39)46)29-17-5-2-6-18-29/h1-26H,27H2. The molecule has 3 aromatic heterocycles. The normalized spacial score (nSPS) is 11.9. The van der Waals surface area contributed by atoms with Crippen molar-refractivity contribution in [1.82, 2.24) is 19.1 Å². The van der Waals surface area contributed by atoms with Crippen LogP contribution in [0.4, 0.5) is 0 Å². The van der Waals surface area contributed by atoms with Crippen LogP contribution in [-0.4, -0.2) is 19.1 Å². The fourth-order valence-electron chi connectivity index (χ4n) is 7.64. The summed E-state index contributed by atoms with van der Waals surface area (Å²) in [7, 11) is 0. The maximum Gasteiger partial charge on any atom is 0.149 e. The molecule has 0 fully saturated rings. The van der Waals surface area contributed by atoms with Crippen molar-refractivity contribution < 1.29 is 0 Å². The molecule has 10 rings (SSSR count). The third-order valence-corrected chi connectivity index (χ3v) is 9.55. The first-order chi connectivity index (χ1) is 23.3. The second kappa shape index (κ2) is 10.1. The summed E-state index contributed by atoms with van der Waals surface area (Å²) in [6.45, 7) is 0.526. The van der Waals surface area contributed by atoms with Crippen molar-refractivity contribution in [1.29, 1.82) is 0 Å². The van der Waals surface area contributed by atoms with Gasteiger partial charge in [0.05, 0.1) is 34.3 Å². The molecule has 4 heteroatoms. The largest absolute Gasteiger partial charge is 0.331 e. The van der Waals surface area contributed by atoms with Crippen LogP contribution in [0, 0.1) is 0 Å². The maximum atomic E-state index is 5.29. The van der Waals surface area contributed by atoms with Gasteiger partial charge in [0.2, 0.25) is 0 Å². The van der Waals surface area contributed by atoms with Crippen LogP contribution in [0.1, 0.15) is 5.82 Å². The lowest BCUT2D eigenvalue weighted by molar-refractivity contribution is 0.804. The van der Waals surface area contributed by atoms with E-state index < -0.39 is 0 Å². The van der Waals surface area contributed by atoms with Gasteiger partial charge in [0, 0.05) is 43.7 Å². The van der Waals surface area contributed by atoms with Crippen LogP contribution in [0.15, 0.2) is 158 Å². The Hall–Kier alpha value is -6.26. The van der Waals surface area contributed by atoms with Crippen molar-refractivity contribution in [3.63, 3.8) is 0 Å². The number of hydrogen-bond donors (Lipinski definition) is 0. The molecule has 220 valence electrons. The van der Waals surface area contributed by atoms with Crippen LogP contribution in [-0.2, 0) is 6.54 Å². The number of rotatable bonds is 4. The Morgan fingerprint density at radius 3 is 1.68 bits per heavy atom. The van der Waals surface area contributed by atoms with E-state index in [-0.39, 0.29) is 0 Å². The van der Waals surface area contributed by atoms with Gasteiger partial charge in [0.1, 0.15) is 5.82 Å². The molecule has 0 amide bonds. The molecule has 0 saturated carbocycles. The summed E-state index contributed by atoms with van der Waals surface area (Å²) in [5.74, 6) is 0.786. The topological polar surface area (TPSA) is 35.6 Å². The summed E-state index contributed by atoms with van der Waals surface area (Å²) < 4.78 is 4.90. The highest BCUT2D eigenvalue weighted by molar-refractivity contribution is 6.36. The van der Waals surface area contributed by atoms with E-state index >= 15 is 0 Å². The highest BCUT2D eigenvalue weighted by Gasteiger charge is 2.24. The molecule has 0 aliphatic rings. The van der Waals surface area contributed by atoms with E-state index in [1.165, 1.54) is 54.4 Å². The molecule has 3 heterocycles. The molecule has 0 N–H and O–H groups in total. The van der Waals surface area contributed by atoms with Crippen molar-refractivity contribution in [2.75, 3.05) is 0 Å². The van der Waals surface area contributed by atoms with Crippen molar-refractivity contribution in [2.24, 2.45) is 0 Å². The minimum atomic E-state index is 0.526. The number of hydrogen-bond acceptors (Lipinski definition) is 2. The smallest absolute Gasteiger partial charge is 0.149 e. The summed E-state index contributed by atoms with van der Waals surface area (Å²) >= 11 is 0. The van der Waals surface area contributed by atoms with E-state index in [9.17, 15) is 0 Å². The minimum Gasteiger partial charge on any atom is -0.331 e. The summed E-state index contributed by atoms with van der Waals surface area (Å²) in [6.07, 6.45) is 0. The van der Waals surface area contributed by atoms with E-state index in [1.807, 2.05) is 6.07 Å². The van der Waals surface area contributed by atoms with E-state index in [1.54, 1.807) is 0 Å².